The monoisotopic (exact) mass is 221 g/mol. The molecule has 1 aliphatic heterocycles. The van der Waals surface area contributed by atoms with Gasteiger partial charge in [0.25, 0.3) is 0 Å². The number of carbonyl (C=O) groups excluding carboxylic acids is 1. The van der Waals surface area contributed by atoms with Gasteiger partial charge in [-0.15, -0.1) is 0 Å². The second-order valence-electron chi connectivity index (χ2n) is 3.28. The van der Waals surface area contributed by atoms with Crippen LogP contribution < -0.4 is 5.32 Å². The molecule has 0 aromatic carbocycles. The largest absolute Gasteiger partial charge is 0.474 e. The molecule has 0 aliphatic carbocycles. The summed E-state index contributed by atoms with van der Waals surface area (Å²) < 4.78 is 22.0. The zero-order chi connectivity index (χ0) is 10.8. The van der Waals surface area contributed by atoms with Crippen molar-refractivity contribution in [1.82, 2.24) is 5.32 Å². The molecular weight excluding hydrogens is 210 g/mol. The molecule has 80 valence electrons. The van der Waals surface area contributed by atoms with Crippen molar-refractivity contribution in [1.29, 1.82) is 0 Å². The molecule has 0 radical (unpaired) electrons. The first-order valence-corrected chi connectivity index (χ1v) is 5.94. The first-order chi connectivity index (χ1) is 6.41. The normalized spacial score (nSPS) is 24.4. The minimum atomic E-state index is -2.96. The quantitative estimate of drug-likeness (QED) is 0.560. The highest BCUT2D eigenvalue weighted by atomic mass is 32.2. The molecule has 7 heteroatoms. The Kier molecular flexibility index (Phi) is 3.10. The number of carboxylic acids is 1. The van der Waals surface area contributed by atoms with Gasteiger partial charge >= 0.3 is 11.9 Å². The number of hydrogen-bond acceptors (Lipinski definition) is 4. The Morgan fingerprint density at radius 3 is 2.50 bits per heavy atom. The molecule has 1 atom stereocenters. The molecule has 1 fully saturated rings. The van der Waals surface area contributed by atoms with Gasteiger partial charge in [-0.2, -0.15) is 0 Å². The maximum Gasteiger partial charge on any atom is 0.394 e. The van der Waals surface area contributed by atoms with Crippen LogP contribution in [0.25, 0.3) is 0 Å². The third-order valence-corrected chi connectivity index (χ3v) is 3.91. The third kappa shape index (κ3) is 2.99. The van der Waals surface area contributed by atoms with Gasteiger partial charge in [0.2, 0.25) is 0 Å². The van der Waals surface area contributed by atoms with Crippen LogP contribution in [0.1, 0.15) is 6.42 Å². The Labute approximate surface area is 81.2 Å². The second kappa shape index (κ2) is 3.95. The fourth-order valence-corrected chi connectivity index (χ4v) is 3.21. The molecule has 0 saturated carbocycles. The Balaban J connectivity index is 2.35. The van der Waals surface area contributed by atoms with E-state index in [0.717, 1.165) is 0 Å². The summed E-state index contributed by atoms with van der Waals surface area (Å²) in [4.78, 5) is 20.7. The van der Waals surface area contributed by atoms with Crippen LogP contribution in [0.3, 0.4) is 0 Å². The lowest BCUT2D eigenvalue weighted by Crippen LogP contribution is -2.34. The van der Waals surface area contributed by atoms with Gasteiger partial charge in [0, 0.05) is 6.54 Å². The molecule has 6 nitrogen and oxygen atoms in total. The van der Waals surface area contributed by atoms with Crippen LogP contribution in [-0.2, 0) is 19.4 Å². The summed E-state index contributed by atoms with van der Waals surface area (Å²) in [7, 11) is -2.96. The third-order valence-electron chi connectivity index (χ3n) is 2.07. The van der Waals surface area contributed by atoms with Crippen molar-refractivity contribution < 1.29 is 23.1 Å². The Hall–Kier alpha value is -1.11. The van der Waals surface area contributed by atoms with E-state index < -0.39 is 21.7 Å². The van der Waals surface area contributed by atoms with E-state index >= 15 is 0 Å². The lowest BCUT2D eigenvalue weighted by Gasteiger charge is -2.06. The van der Waals surface area contributed by atoms with E-state index in [-0.39, 0.29) is 24.0 Å². The van der Waals surface area contributed by atoms with Gasteiger partial charge in [0.15, 0.2) is 9.84 Å². The fraction of sp³-hybridized carbons (Fsp3) is 0.714. The van der Waals surface area contributed by atoms with Gasteiger partial charge < -0.3 is 10.4 Å². The van der Waals surface area contributed by atoms with E-state index in [1.54, 1.807) is 0 Å². The molecule has 1 aliphatic rings. The smallest absolute Gasteiger partial charge is 0.394 e. The highest BCUT2D eigenvalue weighted by molar-refractivity contribution is 7.91. The predicted octanol–water partition coefficient (Wildman–Crippen LogP) is -1.38. The maximum absolute atomic E-state index is 11.0. The van der Waals surface area contributed by atoms with Crippen molar-refractivity contribution in [2.45, 2.75) is 6.42 Å². The average Bonchev–Trinajstić information content (AvgIpc) is 2.41. The van der Waals surface area contributed by atoms with Gasteiger partial charge in [0.05, 0.1) is 11.5 Å². The summed E-state index contributed by atoms with van der Waals surface area (Å²) >= 11 is 0. The fourth-order valence-electron chi connectivity index (χ4n) is 1.35. The Morgan fingerprint density at radius 2 is 2.07 bits per heavy atom. The molecule has 1 saturated heterocycles. The van der Waals surface area contributed by atoms with Crippen LogP contribution in [0.4, 0.5) is 0 Å². The van der Waals surface area contributed by atoms with Crippen LogP contribution in [-0.4, -0.2) is 43.5 Å². The molecule has 1 amide bonds. The van der Waals surface area contributed by atoms with E-state index in [1.165, 1.54) is 0 Å². The first kappa shape index (κ1) is 11.0. The topological polar surface area (TPSA) is 101 Å². The number of aliphatic carboxylic acids is 1. The average molecular weight is 221 g/mol. The molecule has 1 heterocycles. The van der Waals surface area contributed by atoms with Crippen LogP contribution in [0.15, 0.2) is 0 Å². The van der Waals surface area contributed by atoms with Crippen LogP contribution >= 0.6 is 0 Å². The summed E-state index contributed by atoms with van der Waals surface area (Å²) in [6.07, 6.45) is 0.488. The number of rotatable bonds is 2. The summed E-state index contributed by atoms with van der Waals surface area (Å²) in [5.41, 5.74) is 0. The molecular formula is C7H11NO5S. The SMILES string of the molecule is O=C(O)C(=O)NCC1CCS(=O)(=O)C1. The molecule has 2 N–H and O–H groups in total. The predicted molar refractivity (Wildman–Crippen MR) is 47.4 cm³/mol. The number of nitrogens with one attached hydrogen (secondary N) is 1. The van der Waals surface area contributed by atoms with Crippen molar-refractivity contribution in [3.63, 3.8) is 0 Å². The second-order valence-corrected chi connectivity index (χ2v) is 5.51. The van der Waals surface area contributed by atoms with Gasteiger partial charge in [-0.05, 0) is 12.3 Å². The summed E-state index contributed by atoms with van der Waals surface area (Å²) in [6.45, 7) is 0.115. The minimum Gasteiger partial charge on any atom is -0.474 e. The van der Waals surface area contributed by atoms with Gasteiger partial charge in [-0.25, -0.2) is 13.2 Å². The van der Waals surface area contributed by atoms with Crippen molar-refractivity contribution in [3.05, 3.63) is 0 Å². The number of hydrogen-bond donors (Lipinski definition) is 2. The maximum atomic E-state index is 11.0. The van der Waals surface area contributed by atoms with Crippen LogP contribution in [0, 0.1) is 5.92 Å². The molecule has 0 aromatic rings. The van der Waals surface area contributed by atoms with E-state index in [0.29, 0.717) is 6.42 Å². The number of amides is 1. The van der Waals surface area contributed by atoms with Crippen molar-refractivity contribution in [2.24, 2.45) is 5.92 Å². The molecule has 1 unspecified atom stereocenters. The zero-order valence-electron chi connectivity index (χ0n) is 7.39. The van der Waals surface area contributed by atoms with Gasteiger partial charge in [-0.1, -0.05) is 0 Å². The zero-order valence-corrected chi connectivity index (χ0v) is 8.21. The van der Waals surface area contributed by atoms with Crippen LogP contribution in [0.5, 0.6) is 0 Å². The lowest BCUT2D eigenvalue weighted by atomic mass is 10.1. The highest BCUT2D eigenvalue weighted by Crippen LogP contribution is 2.17. The molecule has 0 spiro atoms. The van der Waals surface area contributed by atoms with Crippen molar-refractivity contribution >= 4 is 21.7 Å². The van der Waals surface area contributed by atoms with Crippen LogP contribution in [0.2, 0.25) is 0 Å². The summed E-state index contributed by atoms with van der Waals surface area (Å²) in [5, 5.41) is 10.4. The van der Waals surface area contributed by atoms with Crippen molar-refractivity contribution in [3.8, 4) is 0 Å². The molecule has 14 heavy (non-hydrogen) atoms. The number of carboxylic acid groups (broad SMARTS) is 1. The number of carbonyl (C=O) groups is 2. The van der Waals surface area contributed by atoms with Gasteiger partial charge in [0.1, 0.15) is 0 Å². The van der Waals surface area contributed by atoms with E-state index in [4.69, 9.17) is 5.11 Å². The van der Waals surface area contributed by atoms with E-state index in [1.807, 2.05) is 0 Å². The van der Waals surface area contributed by atoms with E-state index in [9.17, 15) is 18.0 Å². The standard InChI is InChI=1S/C7H11NO5S/c9-6(7(10)11)8-3-5-1-2-14(12,13)4-5/h5H,1-4H2,(H,8,9)(H,10,11). The van der Waals surface area contributed by atoms with Crippen molar-refractivity contribution in [2.75, 3.05) is 18.1 Å². The first-order valence-electron chi connectivity index (χ1n) is 4.12. The molecule has 1 rings (SSSR count). The van der Waals surface area contributed by atoms with Gasteiger partial charge in [-0.3, -0.25) is 4.79 Å². The minimum absolute atomic E-state index is 0.0346. The number of sulfone groups is 1. The summed E-state index contributed by atoms with van der Waals surface area (Å²) in [5.74, 6) is -2.63. The summed E-state index contributed by atoms with van der Waals surface area (Å²) in [6, 6.07) is 0. The highest BCUT2D eigenvalue weighted by Gasteiger charge is 2.28. The lowest BCUT2D eigenvalue weighted by molar-refractivity contribution is -0.150. The Bertz CT molecular complexity index is 347. The Morgan fingerprint density at radius 1 is 1.43 bits per heavy atom. The molecule has 0 aromatic heterocycles. The van der Waals surface area contributed by atoms with E-state index in [2.05, 4.69) is 5.32 Å². The molecule has 0 bridgehead atoms.